The molecule has 2 rings (SSSR count). The van der Waals surface area contributed by atoms with Gasteiger partial charge in [0.25, 0.3) is 0 Å². The lowest BCUT2D eigenvalue weighted by Crippen LogP contribution is -1.92. The van der Waals surface area contributed by atoms with Crippen LogP contribution in [0, 0.1) is 6.92 Å². The van der Waals surface area contributed by atoms with Gasteiger partial charge in [-0.05, 0) is 48.8 Å². The molecule has 0 unspecified atom stereocenters. The van der Waals surface area contributed by atoms with Gasteiger partial charge in [0, 0.05) is 10.6 Å². The molecule has 1 nitrogen and oxygen atoms in total. The van der Waals surface area contributed by atoms with E-state index in [0.29, 0.717) is 0 Å². The van der Waals surface area contributed by atoms with Crippen LogP contribution in [0.5, 0.6) is 0 Å². The summed E-state index contributed by atoms with van der Waals surface area (Å²) in [6.07, 6.45) is 2.35. The first-order chi connectivity index (χ1) is 8.77. The third kappa shape index (κ3) is 3.54. The smallest absolute Gasteiger partial charge is 0.0354 e. The summed E-state index contributed by atoms with van der Waals surface area (Å²) in [4.78, 5) is 1.31. The van der Waals surface area contributed by atoms with E-state index in [1.54, 1.807) is 0 Å². The van der Waals surface area contributed by atoms with Gasteiger partial charge in [0.1, 0.15) is 0 Å². The van der Waals surface area contributed by atoms with Crippen molar-refractivity contribution in [2.24, 2.45) is 0 Å². The fourth-order valence-corrected chi connectivity index (χ4v) is 2.91. The van der Waals surface area contributed by atoms with Crippen molar-refractivity contribution in [2.45, 2.75) is 24.7 Å². The summed E-state index contributed by atoms with van der Waals surface area (Å²) in [5.74, 6) is 1.14. The molecule has 0 aliphatic heterocycles. The lowest BCUT2D eigenvalue weighted by atomic mass is 10.1. The monoisotopic (exact) mass is 257 g/mol. The summed E-state index contributed by atoms with van der Waals surface area (Å²) >= 11 is 1.90. The number of aryl methyl sites for hydroxylation is 1. The van der Waals surface area contributed by atoms with Crippen LogP contribution in [0.25, 0.3) is 0 Å². The highest BCUT2D eigenvalue weighted by Crippen LogP contribution is 2.26. The molecule has 0 fully saturated rings. The van der Waals surface area contributed by atoms with Gasteiger partial charge in [-0.25, -0.2) is 0 Å². The summed E-state index contributed by atoms with van der Waals surface area (Å²) in [5.41, 5.74) is 9.42. The Bertz CT molecular complexity index is 494. The van der Waals surface area contributed by atoms with Gasteiger partial charge in [-0.15, -0.1) is 11.8 Å². The fraction of sp³-hybridized carbons (Fsp3) is 0.250. The maximum atomic E-state index is 5.90. The maximum Gasteiger partial charge on any atom is 0.0354 e. The molecule has 0 radical (unpaired) electrons. The average molecular weight is 257 g/mol. The zero-order valence-electron chi connectivity index (χ0n) is 10.7. The van der Waals surface area contributed by atoms with Gasteiger partial charge >= 0.3 is 0 Å². The molecular weight excluding hydrogens is 238 g/mol. The van der Waals surface area contributed by atoms with E-state index >= 15 is 0 Å². The van der Waals surface area contributed by atoms with Crippen LogP contribution in [-0.4, -0.2) is 5.75 Å². The number of benzene rings is 2. The van der Waals surface area contributed by atoms with Crippen molar-refractivity contribution in [3.05, 3.63) is 59.7 Å². The Morgan fingerprint density at radius 1 is 1.00 bits per heavy atom. The Morgan fingerprint density at radius 2 is 1.78 bits per heavy atom. The van der Waals surface area contributed by atoms with Gasteiger partial charge in [-0.2, -0.15) is 0 Å². The Morgan fingerprint density at radius 3 is 2.56 bits per heavy atom. The second-order valence-electron chi connectivity index (χ2n) is 4.41. The lowest BCUT2D eigenvalue weighted by Gasteiger charge is -2.07. The van der Waals surface area contributed by atoms with Crippen LogP contribution in [0.15, 0.2) is 53.4 Å². The number of nitrogens with two attached hydrogens (primary N) is 1. The van der Waals surface area contributed by atoms with Crippen LogP contribution in [0.1, 0.15) is 17.5 Å². The molecule has 2 heteroatoms. The highest BCUT2D eigenvalue weighted by atomic mass is 32.2. The van der Waals surface area contributed by atoms with Crippen molar-refractivity contribution >= 4 is 17.4 Å². The molecule has 0 amide bonds. The molecule has 0 bridgehead atoms. The molecule has 0 aromatic heterocycles. The van der Waals surface area contributed by atoms with Gasteiger partial charge in [0.05, 0.1) is 0 Å². The number of hydrogen-bond donors (Lipinski definition) is 1. The Kier molecular flexibility index (Phi) is 4.71. The Balaban J connectivity index is 1.81. The second-order valence-corrected chi connectivity index (χ2v) is 5.54. The zero-order chi connectivity index (χ0) is 12.8. The summed E-state index contributed by atoms with van der Waals surface area (Å²) in [5, 5.41) is 0. The van der Waals surface area contributed by atoms with E-state index in [1.165, 1.54) is 22.4 Å². The third-order valence-corrected chi connectivity index (χ3v) is 4.28. The van der Waals surface area contributed by atoms with Crippen molar-refractivity contribution in [3.63, 3.8) is 0 Å². The third-order valence-electron chi connectivity index (χ3n) is 3.04. The first-order valence-corrected chi connectivity index (χ1v) is 7.28. The summed E-state index contributed by atoms with van der Waals surface area (Å²) in [7, 11) is 0. The number of thioether (sulfide) groups is 1. The molecule has 0 atom stereocenters. The molecule has 2 aromatic rings. The standard InChI is InChI=1S/C16H19NS/c1-13-15(17)10-5-11-16(13)18-12-6-9-14-7-3-2-4-8-14/h2-5,7-8,10-11H,6,9,12,17H2,1H3. The van der Waals surface area contributed by atoms with Gasteiger partial charge in [-0.1, -0.05) is 36.4 Å². The molecule has 0 saturated carbocycles. The van der Waals surface area contributed by atoms with E-state index in [4.69, 9.17) is 5.73 Å². The van der Waals surface area contributed by atoms with Gasteiger partial charge in [-0.3, -0.25) is 0 Å². The lowest BCUT2D eigenvalue weighted by molar-refractivity contribution is 0.933. The number of hydrogen-bond acceptors (Lipinski definition) is 2. The van der Waals surface area contributed by atoms with E-state index in [2.05, 4.69) is 43.3 Å². The quantitative estimate of drug-likeness (QED) is 0.491. The second kappa shape index (κ2) is 6.50. The molecular formula is C16H19NS. The first-order valence-electron chi connectivity index (χ1n) is 6.29. The molecule has 0 heterocycles. The Labute approximate surface area is 113 Å². The largest absolute Gasteiger partial charge is 0.398 e. The van der Waals surface area contributed by atoms with Crippen molar-refractivity contribution in [3.8, 4) is 0 Å². The SMILES string of the molecule is Cc1c(N)cccc1SCCCc1ccccc1. The van der Waals surface area contributed by atoms with E-state index < -0.39 is 0 Å². The van der Waals surface area contributed by atoms with Gasteiger partial charge in [0.2, 0.25) is 0 Å². The summed E-state index contributed by atoms with van der Waals surface area (Å²) < 4.78 is 0. The van der Waals surface area contributed by atoms with Crippen LogP contribution in [0.2, 0.25) is 0 Å². The zero-order valence-corrected chi connectivity index (χ0v) is 11.5. The van der Waals surface area contributed by atoms with Crippen LogP contribution in [0.4, 0.5) is 5.69 Å². The molecule has 0 spiro atoms. The van der Waals surface area contributed by atoms with Gasteiger partial charge < -0.3 is 5.73 Å². The Hall–Kier alpha value is -1.41. The fourth-order valence-electron chi connectivity index (χ4n) is 1.89. The van der Waals surface area contributed by atoms with Gasteiger partial charge in [0.15, 0.2) is 0 Å². The predicted molar refractivity (Wildman–Crippen MR) is 81.1 cm³/mol. The minimum atomic E-state index is 0.892. The molecule has 2 N–H and O–H groups in total. The topological polar surface area (TPSA) is 26.0 Å². The molecule has 0 aliphatic carbocycles. The van der Waals surface area contributed by atoms with E-state index in [-0.39, 0.29) is 0 Å². The van der Waals surface area contributed by atoms with Crippen molar-refractivity contribution in [1.82, 2.24) is 0 Å². The molecule has 94 valence electrons. The van der Waals surface area contributed by atoms with Crippen molar-refractivity contribution in [2.75, 3.05) is 11.5 Å². The number of nitrogen functional groups attached to an aromatic ring is 1. The minimum absolute atomic E-state index is 0.892. The average Bonchev–Trinajstić information content (AvgIpc) is 2.40. The maximum absolute atomic E-state index is 5.90. The summed E-state index contributed by atoms with van der Waals surface area (Å²) in [6.45, 7) is 2.09. The van der Waals surface area contributed by atoms with Crippen LogP contribution in [-0.2, 0) is 6.42 Å². The van der Waals surface area contributed by atoms with Crippen LogP contribution >= 0.6 is 11.8 Å². The summed E-state index contributed by atoms with van der Waals surface area (Å²) in [6, 6.07) is 16.8. The van der Waals surface area contributed by atoms with E-state index in [9.17, 15) is 0 Å². The van der Waals surface area contributed by atoms with E-state index in [0.717, 1.165) is 17.9 Å². The first kappa shape index (κ1) is 13.0. The molecule has 0 saturated heterocycles. The minimum Gasteiger partial charge on any atom is -0.398 e. The molecule has 18 heavy (non-hydrogen) atoms. The van der Waals surface area contributed by atoms with Crippen LogP contribution in [0.3, 0.4) is 0 Å². The predicted octanol–water partition coefficient (Wildman–Crippen LogP) is 4.30. The van der Waals surface area contributed by atoms with Crippen molar-refractivity contribution < 1.29 is 0 Å². The highest BCUT2D eigenvalue weighted by Gasteiger charge is 2.01. The number of rotatable bonds is 5. The highest BCUT2D eigenvalue weighted by molar-refractivity contribution is 7.99. The molecule has 0 aliphatic rings. The van der Waals surface area contributed by atoms with E-state index in [1.807, 2.05) is 23.9 Å². The number of anilines is 1. The normalized spacial score (nSPS) is 10.5. The van der Waals surface area contributed by atoms with Crippen molar-refractivity contribution in [1.29, 1.82) is 0 Å². The molecule has 2 aromatic carbocycles. The van der Waals surface area contributed by atoms with Crippen LogP contribution < -0.4 is 5.73 Å².